The topological polar surface area (TPSA) is 38.6 Å². The van der Waals surface area contributed by atoms with Crippen LogP contribution in [0.15, 0.2) is 48.7 Å². The molecule has 0 unspecified atom stereocenters. The molecule has 1 N–H and O–H groups in total. The molecule has 1 atom stereocenters. The second kappa shape index (κ2) is 6.15. The van der Waals surface area contributed by atoms with E-state index in [1.165, 1.54) is 10.5 Å². The number of imidazole rings is 1. The minimum atomic E-state index is -0.306. The van der Waals surface area contributed by atoms with Crippen molar-refractivity contribution in [2.75, 3.05) is 7.11 Å². The maximum atomic E-state index is 13.6. The summed E-state index contributed by atoms with van der Waals surface area (Å²) in [6.07, 6.45) is 1.72. The van der Waals surface area contributed by atoms with Crippen LogP contribution in [0.5, 0.6) is 5.75 Å². The molecule has 2 aromatic heterocycles. The van der Waals surface area contributed by atoms with Gasteiger partial charge in [-0.1, -0.05) is 18.2 Å². The number of halogens is 1. The molecule has 0 amide bonds. The number of benzene rings is 1. The number of hydrogen-bond donors (Lipinski definition) is 1. The van der Waals surface area contributed by atoms with E-state index in [1.54, 1.807) is 25.4 Å². The average molecular weight is 299 g/mol. The van der Waals surface area contributed by atoms with E-state index in [2.05, 4.69) is 17.2 Å². The van der Waals surface area contributed by atoms with Crippen LogP contribution in [0.3, 0.4) is 0 Å². The summed E-state index contributed by atoms with van der Waals surface area (Å²) in [6, 6.07) is 13.0. The third-order valence-corrected chi connectivity index (χ3v) is 3.70. The Hall–Kier alpha value is -2.40. The van der Waals surface area contributed by atoms with Crippen LogP contribution in [0.1, 0.15) is 24.2 Å². The van der Waals surface area contributed by atoms with E-state index in [0.29, 0.717) is 12.2 Å². The maximum absolute atomic E-state index is 13.6. The molecule has 5 heteroatoms. The lowest BCUT2D eigenvalue weighted by Crippen LogP contribution is -2.18. The first-order chi connectivity index (χ1) is 10.7. The van der Waals surface area contributed by atoms with E-state index in [-0.39, 0.29) is 12.0 Å². The van der Waals surface area contributed by atoms with Gasteiger partial charge in [-0.15, -0.1) is 0 Å². The lowest BCUT2D eigenvalue weighted by Gasteiger charge is -2.13. The zero-order valence-corrected chi connectivity index (χ0v) is 12.6. The number of aromatic nitrogens is 2. The van der Waals surface area contributed by atoms with Crippen molar-refractivity contribution >= 4 is 5.65 Å². The highest BCUT2D eigenvalue weighted by Gasteiger charge is 2.08. The summed E-state index contributed by atoms with van der Waals surface area (Å²) in [7, 11) is 1.65. The SMILES string of the molecule is COc1ccc([C@H](C)NCc2cn3c(F)cccc3n2)cc1. The summed E-state index contributed by atoms with van der Waals surface area (Å²) in [6.45, 7) is 2.66. The maximum Gasteiger partial charge on any atom is 0.199 e. The van der Waals surface area contributed by atoms with Crippen LogP contribution in [0.25, 0.3) is 5.65 Å². The molecular formula is C17H18FN3O. The number of methoxy groups -OCH3 is 1. The monoisotopic (exact) mass is 299 g/mol. The summed E-state index contributed by atoms with van der Waals surface area (Å²) < 4.78 is 20.2. The molecule has 0 fully saturated rings. The van der Waals surface area contributed by atoms with Crippen LogP contribution in [-0.2, 0) is 6.54 Å². The number of ether oxygens (including phenoxy) is 1. The van der Waals surface area contributed by atoms with Crippen LogP contribution in [0.4, 0.5) is 4.39 Å². The molecule has 114 valence electrons. The number of fused-ring (bicyclic) bond motifs is 1. The first-order valence-corrected chi connectivity index (χ1v) is 7.17. The van der Waals surface area contributed by atoms with Crippen molar-refractivity contribution in [1.82, 2.24) is 14.7 Å². The Morgan fingerprint density at radius 2 is 2.00 bits per heavy atom. The van der Waals surface area contributed by atoms with Gasteiger partial charge in [0.05, 0.1) is 12.8 Å². The molecule has 0 bridgehead atoms. The Morgan fingerprint density at radius 3 is 2.68 bits per heavy atom. The Balaban J connectivity index is 1.68. The minimum Gasteiger partial charge on any atom is -0.497 e. The van der Waals surface area contributed by atoms with E-state index in [1.807, 2.05) is 24.3 Å². The quantitative estimate of drug-likeness (QED) is 0.734. The Morgan fingerprint density at radius 1 is 1.23 bits per heavy atom. The van der Waals surface area contributed by atoms with E-state index in [4.69, 9.17) is 4.74 Å². The van der Waals surface area contributed by atoms with Gasteiger partial charge < -0.3 is 10.1 Å². The molecule has 4 nitrogen and oxygen atoms in total. The molecule has 0 radical (unpaired) electrons. The third-order valence-electron chi connectivity index (χ3n) is 3.70. The predicted octanol–water partition coefficient (Wildman–Crippen LogP) is 3.33. The molecular weight excluding hydrogens is 281 g/mol. The van der Waals surface area contributed by atoms with Crippen molar-refractivity contribution in [3.8, 4) is 5.75 Å². The summed E-state index contributed by atoms with van der Waals surface area (Å²) in [5, 5.41) is 3.39. The molecule has 3 aromatic rings. The molecule has 1 aromatic carbocycles. The third kappa shape index (κ3) is 2.94. The number of nitrogens with one attached hydrogen (secondary N) is 1. The molecule has 0 spiro atoms. The highest BCUT2D eigenvalue weighted by molar-refractivity contribution is 5.39. The van der Waals surface area contributed by atoms with Crippen molar-refractivity contribution in [3.63, 3.8) is 0 Å². The Kier molecular flexibility index (Phi) is 4.06. The Labute approximate surface area is 128 Å². The summed E-state index contributed by atoms with van der Waals surface area (Å²) in [5.74, 6) is 0.534. The van der Waals surface area contributed by atoms with Crippen LogP contribution < -0.4 is 10.1 Å². The van der Waals surface area contributed by atoms with Crippen LogP contribution in [0, 0.1) is 5.95 Å². The fourth-order valence-corrected chi connectivity index (χ4v) is 2.38. The predicted molar refractivity (Wildman–Crippen MR) is 83.4 cm³/mol. The molecule has 0 saturated heterocycles. The molecule has 2 heterocycles. The number of hydrogen-bond acceptors (Lipinski definition) is 3. The van der Waals surface area contributed by atoms with Gasteiger partial charge in [0, 0.05) is 18.8 Å². The largest absolute Gasteiger partial charge is 0.497 e. The van der Waals surface area contributed by atoms with Crippen molar-refractivity contribution in [3.05, 3.63) is 65.9 Å². The fourth-order valence-electron chi connectivity index (χ4n) is 2.38. The second-order valence-electron chi connectivity index (χ2n) is 5.18. The van der Waals surface area contributed by atoms with Crippen molar-refractivity contribution in [1.29, 1.82) is 0 Å². The lowest BCUT2D eigenvalue weighted by atomic mass is 10.1. The van der Waals surface area contributed by atoms with Crippen LogP contribution in [-0.4, -0.2) is 16.5 Å². The van der Waals surface area contributed by atoms with Gasteiger partial charge >= 0.3 is 0 Å². The Bertz CT molecular complexity index is 767. The van der Waals surface area contributed by atoms with Crippen LogP contribution >= 0.6 is 0 Å². The van der Waals surface area contributed by atoms with E-state index < -0.39 is 0 Å². The first-order valence-electron chi connectivity index (χ1n) is 7.17. The van der Waals surface area contributed by atoms with Crippen LogP contribution in [0.2, 0.25) is 0 Å². The lowest BCUT2D eigenvalue weighted by molar-refractivity contribution is 0.414. The second-order valence-corrected chi connectivity index (χ2v) is 5.18. The smallest absolute Gasteiger partial charge is 0.199 e. The zero-order valence-electron chi connectivity index (χ0n) is 12.6. The average Bonchev–Trinajstić information content (AvgIpc) is 2.97. The first kappa shape index (κ1) is 14.5. The van der Waals surface area contributed by atoms with E-state index in [9.17, 15) is 4.39 Å². The van der Waals surface area contributed by atoms with Gasteiger partial charge in [0.15, 0.2) is 5.95 Å². The van der Waals surface area contributed by atoms with Gasteiger partial charge in [-0.3, -0.25) is 4.40 Å². The van der Waals surface area contributed by atoms with Crippen molar-refractivity contribution in [2.45, 2.75) is 19.5 Å². The molecule has 0 aliphatic rings. The van der Waals surface area contributed by atoms with Crippen molar-refractivity contribution < 1.29 is 9.13 Å². The van der Waals surface area contributed by atoms with Gasteiger partial charge in [0.1, 0.15) is 11.4 Å². The molecule has 0 aliphatic heterocycles. The summed E-state index contributed by atoms with van der Waals surface area (Å²) in [5.41, 5.74) is 2.59. The zero-order chi connectivity index (χ0) is 15.5. The number of pyridine rings is 1. The molecule has 0 aliphatic carbocycles. The number of nitrogens with zero attached hydrogens (tertiary/aromatic N) is 2. The van der Waals surface area contributed by atoms with E-state index in [0.717, 1.165) is 17.0 Å². The fraction of sp³-hybridized carbons (Fsp3) is 0.235. The summed E-state index contributed by atoms with van der Waals surface area (Å²) in [4.78, 5) is 4.41. The molecule has 0 saturated carbocycles. The standard InChI is InChI=1S/C17H18FN3O/c1-12(13-6-8-15(22-2)9-7-13)19-10-14-11-21-16(18)4-3-5-17(21)20-14/h3-9,11-12,19H,10H2,1-2H3/t12-/m0/s1. The highest BCUT2D eigenvalue weighted by atomic mass is 19.1. The molecule has 22 heavy (non-hydrogen) atoms. The minimum absolute atomic E-state index is 0.167. The highest BCUT2D eigenvalue weighted by Crippen LogP contribution is 2.17. The van der Waals surface area contributed by atoms with Gasteiger partial charge in [0.25, 0.3) is 0 Å². The van der Waals surface area contributed by atoms with Crippen molar-refractivity contribution in [2.24, 2.45) is 0 Å². The van der Waals surface area contributed by atoms with Gasteiger partial charge in [-0.2, -0.15) is 4.39 Å². The van der Waals surface area contributed by atoms with Gasteiger partial charge in [-0.25, -0.2) is 4.98 Å². The van der Waals surface area contributed by atoms with Gasteiger partial charge in [0.2, 0.25) is 0 Å². The normalized spacial score (nSPS) is 12.5. The summed E-state index contributed by atoms with van der Waals surface area (Å²) >= 11 is 0. The van der Waals surface area contributed by atoms with E-state index >= 15 is 0 Å². The van der Waals surface area contributed by atoms with Gasteiger partial charge in [-0.05, 0) is 36.8 Å². The number of rotatable bonds is 5. The molecule has 3 rings (SSSR count).